The highest BCUT2D eigenvalue weighted by molar-refractivity contribution is 5.33. The molecule has 1 aromatic carbocycles. The first-order chi connectivity index (χ1) is 13.1. The SMILES string of the molecule is C[C@H]1CN(C[C@H](c2cccc(OC(F)(F)F)c2)C2(O)CCCCC2)C[C@H](C)N1. The Morgan fingerprint density at radius 1 is 1.18 bits per heavy atom. The van der Waals surface area contributed by atoms with E-state index in [1.807, 2.05) is 6.07 Å². The van der Waals surface area contributed by atoms with Crippen molar-refractivity contribution in [3.8, 4) is 5.75 Å². The first-order valence-corrected chi connectivity index (χ1v) is 10.2. The lowest BCUT2D eigenvalue weighted by Crippen LogP contribution is -2.56. The van der Waals surface area contributed by atoms with Crippen LogP contribution in [0.25, 0.3) is 0 Å². The van der Waals surface area contributed by atoms with Crippen LogP contribution in [0.15, 0.2) is 24.3 Å². The summed E-state index contributed by atoms with van der Waals surface area (Å²) in [6, 6.07) is 6.83. The Hall–Kier alpha value is -1.31. The molecule has 158 valence electrons. The van der Waals surface area contributed by atoms with E-state index in [1.54, 1.807) is 6.07 Å². The Labute approximate surface area is 165 Å². The first-order valence-electron chi connectivity index (χ1n) is 10.2. The third-order valence-electron chi connectivity index (χ3n) is 5.94. The van der Waals surface area contributed by atoms with Crippen molar-refractivity contribution < 1.29 is 23.0 Å². The van der Waals surface area contributed by atoms with Gasteiger partial charge in [0.2, 0.25) is 0 Å². The van der Waals surface area contributed by atoms with Crippen LogP contribution >= 0.6 is 0 Å². The Balaban J connectivity index is 1.87. The molecule has 0 spiro atoms. The Bertz CT molecular complexity index is 637. The molecule has 3 atom stereocenters. The monoisotopic (exact) mass is 400 g/mol. The number of rotatable bonds is 5. The zero-order chi connectivity index (χ0) is 20.4. The van der Waals surface area contributed by atoms with Crippen LogP contribution in [0.1, 0.15) is 57.4 Å². The fraction of sp³-hybridized carbons (Fsp3) is 0.714. The van der Waals surface area contributed by atoms with Gasteiger partial charge < -0.3 is 15.2 Å². The molecule has 0 unspecified atom stereocenters. The van der Waals surface area contributed by atoms with Crippen LogP contribution < -0.4 is 10.1 Å². The number of ether oxygens (including phenoxy) is 1. The molecule has 28 heavy (non-hydrogen) atoms. The van der Waals surface area contributed by atoms with Crippen LogP contribution in [-0.2, 0) is 0 Å². The highest BCUT2D eigenvalue weighted by Gasteiger charge is 2.40. The number of hydrogen-bond donors (Lipinski definition) is 2. The maximum atomic E-state index is 12.7. The summed E-state index contributed by atoms with van der Waals surface area (Å²) in [6.45, 7) is 6.60. The molecule has 2 fully saturated rings. The van der Waals surface area contributed by atoms with E-state index in [2.05, 4.69) is 28.8 Å². The lowest BCUT2D eigenvalue weighted by molar-refractivity contribution is -0.274. The highest BCUT2D eigenvalue weighted by atomic mass is 19.4. The van der Waals surface area contributed by atoms with Gasteiger partial charge in [0.15, 0.2) is 0 Å². The molecule has 1 heterocycles. The molecule has 2 aliphatic rings. The fourth-order valence-corrected chi connectivity index (χ4v) is 4.87. The molecule has 1 saturated carbocycles. The summed E-state index contributed by atoms with van der Waals surface area (Å²) in [6.07, 6.45) is -0.383. The van der Waals surface area contributed by atoms with Gasteiger partial charge in [-0.3, -0.25) is 4.90 Å². The average Bonchev–Trinajstić information content (AvgIpc) is 2.58. The van der Waals surface area contributed by atoms with Crippen LogP contribution in [0.2, 0.25) is 0 Å². The second-order valence-electron chi connectivity index (χ2n) is 8.52. The van der Waals surface area contributed by atoms with Gasteiger partial charge in [-0.05, 0) is 44.4 Å². The van der Waals surface area contributed by atoms with E-state index >= 15 is 0 Å². The molecule has 0 radical (unpaired) electrons. The number of benzene rings is 1. The third-order valence-corrected chi connectivity index (χ3v) is 5.94. The Kier molecular flexibility index (Phi) is 6.57. The molecule has 1 saturated heterocycles. The summed E-state index contributed by atoms with van der Waals surface area (Å²) < 4.78 is 42.2. The zero-order valence-corrected chi connectivity index (χ0v) is 16.6. The van der Waals surface area contributed by atoms with Crippen LogP contribution in [0, 0.1) is 0 Å². The van der Waals surface area contributed by atoms with Gasteiger partial charge in [-0.2, -0.15) is 0 Å². The van der Waals surface area contributed by atoms with Gasteiger partial charge in [-0.15, -0.1) is 13.2 Å². The fourth-order valence-electron chi connectivity index (χ4n) is 4.87. The molecule has 3 rings (SSSR count). The van der Waals surface area contributed by atoms with Crippen LogP contribution in [0.5, 0.6) is 5.75 Å². The van der Waals surface area contributed by atoms with E-state index < -0.39 is 12.0 Å². The smallest absolute Gasteiger partial charge is 0.406 e. The average molecular weight is 400 g/mol. The Morgan fingerprint density at radius 2 is 1.82 bits per heavy atom. The van der Waals surface area contributed by atoms with Crippen LogP contribution in [-0.4, -0.2) is 53.7 Å². The lowest BCUT2D eigenvalue weighted by Gasteiger charge is -2.44. The molecule has 1 aliphatic carbocycles. The quantitative estimate of drug-likeness (QED) is 0.783. The second kappa shape index (κ2) is 8.59. The predicted molar refractivity (Wildman–Crippen MR) is 102 cm³/mol. The molecule has 0 bridgehead atoms. The molecular weight excluding hydrogens is 369 g/mol. The van der Waals surface area contributed by atoms with Gasteiger partial charge in [0.1, 0.15) is 5.75 Å². The normalized spacial score (nSPS) is 27.4. The lowest BCUT2D eigenvalue weighted by atomic mass is 9.72. The number of piperazine rings is 1. The number of hydrogen-bond acceptors (Lipinski definition) is 4. The van der Waals surface area contributed by atoms with E-state index in [1.165, 1.54) is 12.1 Å². The number of aliphatic hydroxyl groups is 1. The van der Waals surface area contributed by atoms with Gasteiger partial charge in [0.25, 0.3) is 0 Å². The topological polar surface area (TPSA) is 44.7 Å². The molecule has 0 aromatic heterocycles. The van der Waals surface area contributed by atoms with Crippen molar-refractivity contribution in [2.45, 2.75) is 75.9 Å². The summed E-state index contributed by atoms with van der Waals surface area (Å²) in [5.74, 6) is -0.474. The summed E-state index contributed by atoms with van der Waals surface area (Å²) in [5, 5.41) is 15.0. The maximum absolute atomic E-state index is 12.7. The van der Waals surface area contributed by atoms with E-state index in [4.69, 9.17) is 0 Å². The van der Waals surface area contributed by atoms with Gasteiger partial charge in [0, 0.05) is 37.6 Å². The van der Waals surface area contributed by atoms with Crippen molar-refractivity contribution in [1.82, 2.24) is 10.2 Å². The van der Waals surface area contributed by atoms with Gasteiger partial charge >= 0.3 is 6.36 Å². The highest BCUT2D eigenvalue weighted by Crippen LogP contribution is 2.41. The molecule has 1 aliphatic heterocycles. The Morgan fingerprint density at radius 3 is 2.43 bits per heavy atom. The van der Waals surface area contributed by atoms with Crippen LogP contribution in [0.3, 0.4) is 0 Å². The van der Waals surface area contributed by atoms with Crippen LogP contribution in [0.4, 0.5) is 13.2 Å². The van der Waals surface area contributed by atoms with E-state index in [0.29, 0.717) is 37.0 Å². The summed E-state index contributed by atoms with van der Waals surface area (Å²) in [7, 11) is 0. The molecular formula is C21H31F3N2O2. The minimum absolute atomic E-state index is 0.226. The zero-order valence-electron chi connectivity index (χ0n) is 16.6. The summed E-state index contributed by atoms with van der Waals surface area (Å²) in [5.41, 5.74) is -0.183. The summed E-state index contributed by atoms with van der Waals surface area (Å²) in [4.78, 5) is 2.32. The molecule has 4 nitrogen and oxygen atoms in total. The molecule has 1 aromatic rings. The minimum atomic E-state index is -4.72. The number of nitrogens with one attached hydrogen (secondary N) is 1. The number of alkyl halides is 3. The second-order valence-corrected chi connectivity index (χ2v) is 8.52. The predicted octanol–water partition coefficient (Wildman–Crippen LogP) is 4.05. The molecule has 2 N–H and O–H groups in total. The van der Waals surface area contributed by atoms with Gasteiger partial charge in [0.05, 0.1) is 5.60 Å². The largest absolute Gasteiger partial charge is 0.573 e. The first kappa shape index (κ1) is 21.4. The van der Waals surface area contributed by atoms with Crippen molar-refractivity contribution in [2.75, 3.05) is 19.6 Å². The van der Waals surface area contributed by atoms with Crippen molar-refractivity contribution in [1.29, 1.82) is 0 Å². The van der Waals surface area contributed by atoms with Crippen molar-refractivity contribution >= 4 is 0 Å². The van der Waals surface area contributed by atoms with Gasteiger partial charge in [-0.25, -0.2) is 0 Å². The van der Waals surface area contributed by atoms with E-state index in [-0.39, 0.29) is 11.7 Å². The minimum Gasteiger partial charge on any atom is -0.406 e. The van der Waals surface area contributed by atoms with Gasteiger partial charge in [-0.1, -0.05) is 31.4 Å². The molecule has 7 heteroatoms. The van der Waals surface area contributed by atoms with Crippen molar-refractivity contribution in [3.05, 3.63) is 29.8 Å². The standard InChI is InChI=1S/C21H31F3N2O2/c1-15-12-26(13-16(2)25-15)14-19(20(27)9-4-3-5-10-20)17-7-6-8-18(11-17)28-21(22,23)24/h6-8,11,15-16,19,25,27H,3-5,9-10,12-14H2,1-2H3/t15-,16-,19+/m0/s1. The number of halogens is 3. The third kappa shape index (κ3) is 5.61. The summed E-state index contributed by atoms with van der Waals surface area (Å²) >= 11 is 0. The molecule has 0 amide bonds. The van der Waals surface area contributed by atoms with E-state index in [9.17, 15) is 18.3 Å². The van der Waals surface area contributed by atoms with Crippen molar-refractivity contribution in [3.63, 3.8) is 0 Å². The van der Waals surface area contributed by atoms with E-state index in [0.717, 1.165) is 32.4 Å². The number of nitrogens with zero attached hydrogens (tertiary/aromatic N) is 1. The van der Waals surface area contributed by atoms with Crippen molar-refractivity contribution in [2.24, 2.45) is 0 Å². The maximum Gasteiger partial charge on any atom is 0.573 e.